The Balaban J connectivity index is 2.50. The average Bonchev–Trinajstić information content (AvgIpc) is 2.57. The molecular weight excluding hydrogens is 242 g/mol. The van der Waals surface area contributed by atoms with Crippen LogP contribution >= 0.6 is 0 Å². The number of hydrogen-bond acceptors (Lipinski definition) is 2. The van der Waals surface area contributed by atoms with Crippen LogP contribution in [0.4, 0.5) is 0 Å². The Labute approximate surface area is 116 Å². The van der Waals surface area contributed by atoms with Gasteiger partial charge in [-0.1, -0.05) is 39.0 Å². The lowest BCUT2D eigenvalue weighted by Crippen LogP contribution is -2.52. The number of hydrogen-bond donors (Lipinski definition) is 2. The van der Waals surface area contributed by atoms with Gasteiger partial charge in [-0.15, -0.1) is 0 Å². The second-order valence-electron chi connectivity index (χ2n) is 6.00. The number of amides is 1. The lowest BCUT2D eigenvalue weighted by molar-refractivity contribution is -0.147. The Hall–Kier alpha value is -1.06. The second kappa shape index (κ2) is 7.51. The molecule has 0 saturated heterocycles. The van der Waals surface area contributed by atoms with Crippen molar-refractivity contribution < 1.29 is 14.7 Å². The average molecular weight is 269 g/mol. The molecule has 1 saturated carbocycles. The van der Waals surface area contributed by atoms with E-state index >= 15 is 0 Å². The molecule has 110 valence electrons. The number of carboxylic acids is 1. The fraction of sp³-hybridized carbons (Fsp3) is 0.867. The van der Waals surface area contributed by atoms with Crippen molar-refractivity contribution in [2.24, 2.45) is 5.92 Å². The zero-order valence-corrected chi connectivity index (χ0v) is 12.2. The molecule has 1 unspecified atom stereocenters. The normalized spacial score (nSPS) is 20.3. The molecule has 1 aliphatic carbocycles. The number of rotatable bonds is 6. The van der Waals surface area contributed by atoms with Crippen molar-refractivity contribution >= 4 is 11.9 Å². The highest BCUT2D eigenvalue weighted by molar-refractivity contribution is 5.86. The Kier molecular flexibility index (Phi) is 6.32. The Bertz CT molecular complexity index is 309. The number of carbonyl (C=O) groups excluding carboxylic acids is 1. The van der Waals surface area contributed by atoms with Crippen LogP contribution in [0, 0.1) is 5.92 Å². The maximum atomic E-state index is 12.0. The van der Waals surface area contributed by atoms with Crippen LogP contribution in [0.2, 0.25) is 0 Å². The third kappa shape index (κ3) is 5.21. The van der Waals surface area contributed by atoms with Crippen molar-refractivity contribution in [3.05, 3.63) is 0 Å². The zero-order chi connectivity index (χ0) is 14.3. The fourth-order valence-corrected chi connectivity index (χ4v) is 2.91. The summed E-state index contributed by atoms with van der Waals surface area (Å²) in [5.41, 5.74) is -1.11. The molecule has 1 aliphatic rings. The third-order valence-corrected chi connectivity index (χ3v) is 4.09. The molecule has 0 radical (unpaired) electrons. The predicted molar refractivity (Wildman–Crippen MR) is 74.9 cm³/mol. The SMILES string of the molecule is CCCC(C)(NC(=O)CC1CCCCCC1)C(=O)O. The molecule has 2 N–H and O–H groups in total. The summed E-state index contributed by atoms with van der Waals surface area (Å²) in [5, 5.41) is 12.0. The molecule has 1 atom stereocenters. The number of nitrogens with one attached hydrogen (secondary N) is 1. The smallest absolute Gasteiger partial charge is 0.329 e. The number of carbonyl (C=O) groups is 2. The minimum atomic E-state index is -1.11. The van der Waals surface area contributed by atoms with Crippen LogP contribution in [-0.2, 0) is 9.59 Å². The third-order valence-electron chi connectivity index (χ3n) is 4.09. The maximum absolute atomic E-state index is 12.0. The molecule has 0 spiro atoms. The van der Waals surface area contributed by atoms with Gasteiger partial charge >= 0.3 is 5.97 Å². The van der Waals surface area contributed by atoms with Gasteiger partial charge in [0.25, 0.3) is 0 Å². The monoisotopic (exact) mass is 269 g/mol. The van der Waals surface area contributed by atoms with Crippen molar-refractivity contribution in [3.63, 3.8) is 0 Å². The van der Waals surface area contributed by atoms with Crippen LogP contribution in [0.1, 0.15) is 71.6 Å². The van der Waals surface area contributed by atoms with Gasteiger partial charge in [-0.05, 0) is 32.1 Å². The van der Waals surface area contributed by atoms with Gasteiger partial charge in [0.2, 0.25) is 5.91 Å². The first kappa shape index (κ1) is 16.0. The van der Waals surface area contributed by atoms with Crippen molar-refractivity contribution in [2.45, 2.75) is 77.2 Å². The standard InChI is InChI=1S/C15H27NO3/c1-3-10-15(2,14(18)19)16-13(17)11-12-8-6-4-5-7-9-12/h12H,3-11H2,1-2H3,(H,16,17)(H,18,19). The quantitative estimate of drug-likeness (QED) is 0.728. The van der Waals surface area contributed by atoms with Crippen molar-refractivity contribution in [1.82, 2.24) is 5.32 Å². The molecule has 4 heteroatoms. The van der Waals surface area contributed by atoms with E-state index in [2.05, 4.69) is 5.32 Å². The molecule has 1 amide bonds. The van der Waals surface area contributed by atoms with Gasteiger partial charge in [-0.3, -0.25) is 4.79 Å². The molecule has 4 nitrogen and oxygen atoms in total. The van der Waals surface area contributed by atoms with Crippen molar-refractivity contribution in [1.29, 1.82) is 0 Å². The fourth-order valence-electron chi connectivity index (χ4n) is 2.91. The van der Waals surface area contributed by atoms with Gasteiger partial charge in [-0.25, -0.2) is 4.79 Å². The van der Waals surface area contributed by atoms with E-state index in [1.54, 1.807) is 6.92 Å². The van der Waals surface area contributed by atoms with E-state index in [-0.39, 0.29) is 5.91 Å². The van der Waals surface area contributed by atoms with E-state index < -0.39 is 11.5 Å². The Morgan fingerprint density at radius 2 is 1.79 bits per heavy atom. The van der Waals surface area contributed by atoms with Crippen LogP contribution in [0.15, 0.2) is 0 Å². The van der Waals surface area contributed by atoms with Crippen molar-refractivity contribution in [3.8, 4) is 0 Å². The summed E-state index contributed by atoms with van der Waals surface area (Å²) in [6, 6.07) is 0. The molecule has 0 heterocycles. The molecule has 0 aromatic carbocycles. The van der Waals surface area contributed by atoms with Crippen LogP contribution in [0.5, 0.6) is 0 Å². The summed E-state index contributed by atoms with van der Waals surface area (Å²) in [6.45, 7) is 3.53. The van der Waals surface area contributed by atoms with E-state index in [1.165, 1.54) is 25.7 Å². The minimum absolute atomic E-state index is 0.106. The predicted octanol–water partition coefficient (Wildman–Crippen LogP) is 3.11. The zero-order valence-electron chi connectivity index (χ0n) is 12.2. The molecule has 1 fully saturated rings. The first-order valence-electron chi connectivity index (χ1n) is 7.52. The molecule has 1 rings (SSSR count). The van der Waals surface area contributed by atoms with Gasteiger partial charge in [0, 0.05) is 6.42 Å². The van der Waals surface area contributed by atoms with Gasteiger partial charge in [0.05, 0.1) is 0 Å². The molecule has 0 aromatic heterocycles. The summed E-state index contributed by atoms with van der Waals surface area (Å²) < 4.78 is 0. The summed E-state index contributed by atoms with van der Waals surface area (Å²) in [7, 11) is 0. The van der Waals surface area contributed by atoms with Gasteiger partial charge in [0.1, 0.15) is 5.54 Å². The summed E-state index contributed by atoms with van der Waals surface area (Å²) in [6.07, 6.45) is 8.82. The van der Waals surface area contributed by atoms with E-state index in [0.717, 1.165) is 19.3 Å². The van der Waals surface area contributed by atoms with E-state index in [4.69, 9.17) is 0 Å². The van der Waals surface area contributed by atoms with Gasteiger partial charge < -0.3 is 10.4 Å². The molecule has 19 heavy (non-hydrogen) atoms. The largest absolute Gasteiger partial charge is 0.480 e. The summed E-state index contributed by atoms with van der Waals surface area (Å²) >= 11 is 0. The van der Waals surface area contributed by atoms with Gasteiger partial charge in [-0.2, -0.15) is 0 Å². The summed E-state index contributed by atoms with van der Waals surface area (Å²) in [5.74, 6) is -0.615. The Morgan fingerprint density at radius 3 is 2.26 bits per heavy atom. The highest BCUT2D eigenvalue weighted by Gasteiger charge is 2.34. The maximum Gasteiger partial charge on any atom is 0.329 e. The topological polar surface area (TPSA) is 66.4 Å². The molecule has 0 aromatic rings. The van der Waals surface area contributed by atoms with E-state index in [0.29, 0.717) is 18.8 Å². The Morgan fingerprint density at radius 1 is 1.21 bits per heavy atom. The second-order valence-corrected chi connectivity index (χ2v) is 6.00. The summed E-state index contributed by atoms with van der Waals surface area (Å²) in [4.78, 5) is 23.3. The van der Waals surface area contributed by atoms with Gasteiger partial charge in [0.15, 0.2) is 0 Å². The minimum Gasteiger partial charge on any atom is -0.480 e. The lowest BCUT2D eigenvalue weighted by Gasteiger charge is -2.26. The highest BCUT2D eigenvalue weighted by atomic mass is 16.4. The van der Waals surface area contributed by atoms with Crippen LogP contribution in [0.25, 0.3) is 0 Å². The number of carboxylic acid groups (broad SMARTS) is 1. The first-order chi connectivity index (χ1) is 8.98. The van der Waals surface area contributed by atoms with E-state index in [1.807, 2.05) is 6.92 Å². The van der Waals surface area contributed by atoms with Crippen LogP contribution < -0.4 is 5.32 Å². The van der Waals surface area contributed by atoms with Crippen LogP contribution in [0.3, 0.4) is 0 Å². The highest BCUT2D eigenvalue weighted by Crippen LogP contribution is 2.25. The molecular formula is C15H27NO3. The lowest BCUT2D eigenvalue weighted by atomic mass is 9.93. The molecule has 0 aliphatic heterocycles. The van der Waals surface area contributed by atoms with Crippen molar-refractivity contribution in [2.75, 3.05) is 0 Å². The van der Waals surface area contributed by atoms with Crippen LogP contribution in [-0.4, -0.2) is 22.5 Å². The molecule has 0 bridgehead atoms. The first-order valence-corrected chi connectivity index (χ1v) is 7.52. The number of aliphatic carboxylic acids is 1. The van der Waals surface area contributed by atoms with E-state index in [9.17, 15) is 14.7 Å².